The second-order valence-corrected chi connectivity index (χ2v) is 5.44. The molecule has 0 saturated heterocycles. The van der Waals surface area contributed by atoms with Crippen molar-refractivity contribution in [2.45, 2.75) is 13.5 Å². The average molecular weight is 312 g/mol. The summed E-state index contributed by atoms with van der Waals surface area (Å²) in [6.45, 7) is 2.25. The van der Waals surface area contributed by atoms with Crippen LogP contribution in [-0.4, -0.2) is 11.3 Å². The minimum absolute atomic E-state index is 0.387. The van der Waals surface area contributed by atoms with Crippen molar-refractivity contribution in [3.63, 3.8) is 0 Å². The molecule has 3 nitrogen and oxygen atoms in total. The number of carbonyl (C=O) groups is 1. The summed E-state index contributed by atoms with van der Waals surface area (Å²) in [5, 5.41) is 1.42. The van der Waals surface area contributed by atoms with E-state index in [9.17, 15) is 4.79 Å². The molecule has 0 N–H and O–H groups in total. The highest BCUT2D eigenvalue weighted by Crippen LogP contribution is 2.32. The van der Waals surface area contributed by atoms with E-state index in [0.717, 1.165) is 22.8 Å². The van der Waals surface area contributed by atoms with E-state index in [-0.39, 0.29) is 0 Å². The van der Waals surface area contributed by atoms with E-state index in [1.807, 2.05) is 43.3 Å². The standard InChI is InChI=1S/C18H14ClNO2/c1-12-17(10-21)20-16-8-7-14(19)9-15(16)18(12)22-11-13-5-3-2-4-6-13/h2-10H,11H2,1H3. The summed E-state index contributed by atoms with van der Waals surface area (Å²) < 4.78 is 5.98. The van der Waals surface area contributed by atoms with E-state index in [1.165, 1.54) is 0 Å². The quantitative estimate of drug-likeness (QED) is 0.662. The molecule has 0 aliphatic rings. The zero-order chi connectivity index (χ0) is 15.5. The summed E-state index contributed by atoms with van der Waals surface area (Å²) in [4.78, 5) is 15.6. The number of aldehydes is 1. The second kappa shape index (κ2) is 6.16. The molecular formula is C18H14ClNO2. The highest BCUT2D eigenvalue weighted by atomic mass is 35.5. The molecule has 0 aliphatic carbocycles. The van der Waals surface area contributed by atoms with Gasteiger partial charge in [0.1, 0.15) is 18.1 Å². The Balaban J connectivity index is 2.07. The van der Waals surface area contributed by atoms with Gasteiger partial charge in [0.15, 0.2) is 6.29 Å². The van der Waals surface area contributed by atoms with Crippen molar-refractivity contribution in [3.05, 3.63) is 70.4 Å². The maximum Gasteiger partial charge on any atom is 0.168 e. The van der Waals surface area contributed by atoms with E-state index in [1.54, 1.807) is 12.1 Å². The number of halogens is 1. The Morgan fingerprint density at radius 3 is 2.68 bits per heavy atom. The van der Waals surface area contributed by atoms with Gasteiger partial charge in [-0.3, -0.25) is 4.79 Å². The molecule has 0 amide bonds. The van der Waals surface area contributed by atoms with Crippen LogP contribution in [0.15, 0.2) is 48.5 Å². The van der Waals surface area contributed by atoms with Crippen molar-refractivity contribution in [1.29, 1.82) is 0 Å². The number of benzene rings is 2. The third-order valence-electron chi connectivity index (χ3n) is 3.51. The lowest BCUT2D eigenvalue weighted by Crippen LogP contribution is -2.02. The zero-order valence-electron chi connectivity index (χ0n) is 12.0. The van der Waals surface area contributed by atoms with E-state index >= 15 is 0 Å². The molecule has 3 aromatic rings. The Hall–Kier alpha value is -2.39. The van der Waals surface area contributed by atoms with Gasteiger partial charge in [-0.25, -0.2) is 4.98 Å². The van der Waals surface area contributed by atoms with E-state index < -0.39 is 0 Å². The minimum atomic E-state index is 0.387. The first kappa shape index (κ1) is 14.5. The van der Waals surface area contributed by atoms with Gasteiger partial charge in [-0.05, 0) is 30.7 Å². The fourth-order valence-electron chi connectivity index (χ4n) is 2.35. The molecule has 0 radical (unpaired) electrons. The molecule has 3 rings (SSSR count). The number of aromatic nitrogens is 1. The molecule has 110 valence electrons. The summed E-state index contributed by atoms with van der Waals surface area (Å²) >= 11 is 6.08. The molecule has 0 atom stereocenters. The summed E-state index contributed by atoms with van der Waals surface area (Å²) in [6.07, 6.45) is 0.749. The number of rotatable bonds is 4. The molecule has 4 heteroatoms. The first-order chi connectivity index (χ1) is 10.7. The largest absolute Gasteiger partial charge is 0.488 e. The van der Waals surface area contributed by atoms with Crippen LogP contribution in [0.1, 0.15) is 21.6 Å². The fraction of sp³-hybridized carbons (Fsp3) is 0.111. The van der Waals surface area contributed by atoms with Crippen LogP contribution in [0.4, 0.5) is 0 Å². The molecule has 1 heterocycles. The zero-order valence-corrected chi connectivity index (χ0v) is 12.8. The lowest BCUT2D eigenvalue weighted by atomic mass is 10.1. The Morgan fingerprint density at radius 2 is 1.95 bits per heavy atom. The van der Waals surface area contributed by atoms with Crippen LogP contribution in [0.2, 0.25) is 5.02 Å². The van der Waals surface area contributed by atoms with E-state index in [0.29, 0.717) is 28.6 Å². The third-order valence-corrected chi connectivity index (χ3v) is 3.74. The molecule has 0 saturated carbocycles. The van der Waals surface area contributed by atoms with Crippen molar-refractivity contribution < 1.29 is 9.53 Å². The van der Waals surface area contributed by atoms with Crippen LogP contribution >= 0.6 is 11.6 Å². The number of pyridine rings is 1. The normalized spacial score (nSPS) is 10.6. The maximum absolute atomic E-state index is 11.2. The van der Waals surface area contributed by atoms with E-state index in [4.69, 9.17) is 16.3 Å². The van der Waals surface area contributed by atoms with E-state index in [2.05, 4.69) is 4.98 Å². The number of ether oxygens (including phenoxy) is 1. The topological polar surface area (TPSA) is 39.2 Å². The molecule has 0 unspecified atom stereocenters. The van der Waals surface area contributed by atoms with Crippen molar-refractivity contribution in [3.8, 4) is 5.75 Å². The Morgan fingerprint density at radius 1 is 1.18 bits per heavy atom. The lowest BCUT2D eigenvalue weighted by Gasteiger charge is -2.14. The lowest BCUT2D eigenvalue weighted by molar-refractivity contribution is 0.111. The summed E-state index contributed by atoms with van der Waals surface area (Å²) in [5.41, 5.74) is 2.86. The maximum atomic E-state index is 11.2. The highest BCUT2D eigenvalue weighted by molar-refractivity contribution is 6.31. The first-order valence-corrected chi connectivity index (χ1v) is 7.28. The molecule has 0 spiro atoms. The van der Waals surface area contributed by atoms with Crippen LogP contribution < -0.4 is 4.74 Å². The molecule has 0 bridgehead atoms. The van der Waals surface area contributed by atoms with Gasteiger partial charge >= 0.3 is 0 Å². The fourth-order valence-corrected chi connectivity index (χ4v) is 2.52. The number of carbonyl (C=O) groups excluding carboxylic acids is 1. The van der Waals surface area contributed by atoms with Crippen molar-refractivity contribution >= 4 is 28.8 Å². The van der Waals surface area contributed by atoms with Gasteiger partial charge in [-0.15, -0.1) is 0 Å². The van der Waals surface area contributed by atoms with Crippen LogP contribution in [-0.2, 0) is 6.61 Å². The second-order valence-electron chi connectivity index (χ2n) is 5.00. The van der Waals surface area contributed by atoms with Gasteiger partial charge in [0.2, 0.25) is 0 Å². The third kappa shape index (κ3) is 2.81. The number of hydrogen-bond acceptors (Lipinski definition) is 3. The predicted octanol–water partition coefficient (Wildman–Crippen LogP) is 4.59. The van der Waals surface area contributed by atoms with Crippen molar-refractivity contribution in [2.24, 2.45) is 0 Å². The molecule has 1 aromatic heterocycles. The summed E-state index contributed by atoms with van der Waals surface area (Å²) in [5.74, 6) is 0.651. The van der Waals surface area contributed by atoms with Crippen LogP contribution in [0, 0.1) is 6.92 Å². The van der Waals surface area contributed by atoms with Gasteiger partial charge in [0.05, 0.1) is 5.52 Å². The van der Waals surface area contributed by atoms with Crippen LogP contribution in [0.3, 0.4) is 0 Å². The first-order valence-electron chi connectivity index (χ1n) is 6.91. The molecule has 0 aliphatic heterocycles. The Labute approximate surface area is 133 Å². The van der Waals surface area contributed by atoms with Crippen LogP contribution in [0.25, 0.3) is 10.9 Å². The molecule has 0 fully saturated rings. The van der Waals surface area contributed by atoms with Gasteiger partial charge in [-0.1, -0.05) is 41.9 Å². The van der Waals surface area contributed by atoms with Gasteiger partial charge in [-0.2, -0.15) is 0 Å². The minimum Gasteiger partial charge on any atom is -0.488 e. The van der Waals surface area contributed by atoms with Gasteiger partial charge in [0.25, 0.3) is 0 Å². The van der Waals surface area contributed by atoms with Crippen LogP contribution in [0.5, 0.6) is 5.75 Å². The summed E-state index contributed by atoms with van der Waals surface area (Å²) in [7, 11) is 0. The summed E-state index contributed by atoms with van der Waals surface area (Å²) in [6, 6.07) is 15.2. The SMILES string of the molecule is Cc1c(C=O)nc2ccc(Cl)cc2c1OCc1ccccc1. The van der Waals surface area contributed by atoms with Crippen molar-refractivity contribution in [2.75, 3.05) is 0 Å². The number of hydrogen-bond donors (Lipinski definition) is 0. The molecule has 2 aromatic carbocycles. The number of fused-ring (bicyclic) bond motifs is 1. The number of nitrogens with zero attached hydrogens (tertiary/aromatic N) is 1. The van der Waals surface area contributed by atoms with Crippen molar-refractivity contribution in [1.82, 2.24) is 4.98 Å². The Kier molecular flexibility index (Phi) is 4.07. The molecular weight excluding hydrogens is 298 g/mol. The Bertz CT molecular complexity index is 831. The highest BCUT2D eigenvalue weighted by Gasteiger charge is 2.13. The van der Waals surface area contributed by atoms with Gasteiger partial charge < -0.3 is 4.74 Å². The molecule has 22 heavy (non-hydrogen) atoms. The van der Waals surface area contributed by atoms with Gasteiger partial charge in [0, 0.05) is 16.0 Å². The monoisotopic (exact) mass is 311 g/mol. The predicted molar refractivity (Wildman–Crippen MR) is 87.7 cm³/mol. The smallest absolute Gasteiger partial charge is 0.168 e. The average Bonchev–Trinajstić information content (AvgIpc) is 2.54.